The number of rotatable bonds is 7. The molecule has 0 spiro atoms. The van der Waals surface area contributed by atoms with Gasteiger partial charge in [0.15, 0.2) is 0 Å². The lowest BCUT2D eigenvalue weighted by molar-refractivity contribution is -0.136. The number of ether oxygens (including phenoxy) is 1. The van der Waals surface area contributed by atoms with Crippen molar-refractivity contribution in [2.24, 2.45) is 0 Å². The lowest BCUT2D eigenvalue weighted by Crippen LogP contribution is -2.04. The number of benzene rings is 2. The van der Waals surface area contributed by atoms with Gasteiger partial charge < -0.3 is 9.84 Å². The largest absolute Gasteiger partial charge is 0.493 e. The van der Waals surface area contributed by atoms with Crippen LogP contribution in [0.3, 0.4) is 0 Å². The number of thiazole rings is 1. The van der Waals surface area contributed by atoms with Crippen LogP contribution in [0.2, 0.25) is 0 Å². The predicted octanol–water partition coefficient (Wildman–Crippen LogP) is 4.37. The Morgan fingerprint density at radius 3 is 2.72 bits per heavy atom. The van der Waals surface area contributed by atoms with Gasteiger partial charge in [0.05, 0.1) is 18.7 Å². The maximum Gasteiger partial charge on any atom is 0.307 e. The molecule has 0 saturated heterocycles. The summed E-state index contributed by atoms with van der Waals surface area (Å²) in [6, 6.07) is 17.4. The molecule has 1 aromatic heterocycles. The zero-order valence-electron chi connectivity index (χ0n) is 13.9. The standard InChI is InChI=1S/C20H19NO3S/c1-14-18(21-20(25-14)16-7-3-2-4-8-16)10-11-24-17-9-5-6-15(12-17)13-19(22)23/h2-9,12H,10-11,13H2,1H3,(H,22,23). The first kappa shape index (κ1) is 17.2. The van der Waals surface area contributed by atoms with Gasteiger partial charge in [-0.15, -0.1) is 11.3 Å². The summed E-state index contributed by atoms with van der Waals surface area (Å²) in [5.74, 6) is -0.154. The molecule has 0 aliphatic rings. The van der Waals surface area contributed by atoms with E-state index in [1.165, 1.54) is 4.88 Å². The van der Waals surface area contributed by atoms with Gasteiger partial charge in [0.25, 0.3) is 0 Å². The molecule has 0 amide bonds. The number of carboxylic acids is 1. The molecule has 25 heavy (non-hydrogen) atoms. The van der Waals surface area contributed by atoms with Crippen molar-refractivity contribution in [3.8, 4) is 16.3 Å². The summed E-state index contributed by atoms with van der Waals surface area (Å²) in [7, 11) is 0. The molecule has 3 rings (SSSR count). The third kappa shape index (κ3) is 4.67. The summed E-state index contributed by atoms with van der Waals surface area (Å²) in [5, 5.41) is 9.89. The van der Waals surface area contributed by atoms with E-state index in [2.05, 4.69) is 19.1 Å². The first-order chi connectivity index (χ1) is 12.1. The molecule has 0 fully saturated rings. The Bertz CT molecular complexity index is 858. The van der Waals surface area contributed by atoms with Crippen LogP contribution in [0.15, 0.2) is 54.6 Å². The van der Waals surface area contributed by atoms with E-state index in [-0.39, 0.29) is 6.42 Å². The van der Waals surface area contributed by atoms with E-state index in [0.29, 0.717) is 12.4 Å². The summed E-state index contributed by atoms with van der Waals surface area (Å²) in [6.07, 6.45) is 0.723. The van der Waals surface area contributed by atoms with Crippen molar-refractivity contribution in [3.05, 3.63) is 70.7 Å². The van der Waals surface area contributed by atoms with Crippen LogP contribution >= 0.6 is 11.3 Å². The maximum absolute atomic E-state index is 10.8. The van der Waals surface area contributed by atoms with Crippen LogP contribution in [-0.4, -0.2) is 22.7 Å². The second kappa shape index (κ2) is 7.94. The van der Waals surface area contributed by atoms with Crippen LogP contribution in [-0.2, 0) is 17.6 Å². The van der Waals surface area contributed by atoms with Crippen LogP contribution in [0, 0.1) is 6.92 Å². The Morgan fingerprint density at radius 2 is 1.96 bits per heavy atom. The second-order valence-corrected chi connectivity index (χ2v) is 6.91. The van der Waals surface area contributed by atoms with Gasteiger partial charge in [-0.3, -0.25) is 4.79 Å². The van der Waals surface area contributed by atoms with Gasteiger partial charge in [-0.25, -0.2) is 4.98 Å². The third-order valence-corrected chi connectivity index (χ3v) is 4.84. The molecule has 2 aromatic carbocycles. The highest BCUT2D eigenvalue weighted by molar-refractivity contribution is 7.15. The van der Waals surface area contributed by atoms with Gasteiger partial charge in [0, 0.05) is 16.9 Å². The van der Waals surface area contributed by atoms with Crippen LogP contribution in [0.1, 0.15) is 16.1 Å². The number of aliphatic carboxylic acids is 1. The summed E-state index contributed by atoms with van der Waals surface area (Å²) < 4.78 is 5.77. The van der Waals surface area contributed by atoms with Crippen molar-refractivity contribution in [2.45, 2.75) is 19.8 Å². The summed E-state index contributed by atoms with van der Waals surface area (Å²) in [5.41, 5.74) is 2.91. The fraction of sp³-hybridized carbons (Fsp3) is 0.200. The number of hydrogen-bond donors (Lipinski definition) is 1. The molecule has 0 unspecified atom stereocenters. The molecule has 0 atom stereocenters. The topological polar surface area (TPSA) is 59.4 Å². The molecule has 0 bridgehead atoms. The van der Waals surface area contributed by atoms with Crippen molar-refractivity contribution in [1.82, 2.24) is 4.98 Å². The molecule has 0 radical (unpaired) electrons. The maximum atomic E-state index is 10.8. The Kier molecular flexibility index (Phi) is 5.46. The third-order valence-electron chi connectivity index (χ3n) is 3.77. The minimum Gasteiger partial charge on any atom is -0.493 e. The van der Waals surface area contributed by atoms with E-state index in [1.54, 1.807) is 23.5 Å². The monoisotopic (exact) mass is 353 g/mol. The van der Waals surface area contributed by atoms with E-state index >= 15 is 0 Å². The number of carbonyl (C=O) groups is 1. The van der Waals surface area contributed by atoms with Crippen molar-refractivity contribution in [2.75, 3.05) is 6.61 Å². The van der Waals surface area contributed by atoms with E-state index in [1.807, 2.05) is 30.3 Å². The predicted molar refractivity (Wildman–Crippen MR) is 99.3 cm³/mol. The first-order valence-electron chi connectivity index (χ1n) is 8.07. The zero-order valence-corrected chi connectivity index (χ0v) is 14.8. The molecule has 0 saturated carbocycles. The van der Waals surface area contributed by atoms with E-state index in [9.17, 15) is 4.79 Å². The smallest absolute Gasteiger partial charge is 0.307 e. The van der Waals surface area contributed by atoms with Crippen LogP contribution < -0.4 is 4.74 Å². The van der Waals surface area contributed by atoms with E-state index in [4.69, 9.17) is 14.8 Å². The highest BCUT2D eigenvalue weighted by Gasteiger charge is 2.09. The summed E-state index contributed by atoms with van der Waals surface area (Å²) in [4.78, 5) is 16.7. The molecule has 4 nitrogen and oxygen atoms in total. The molecule has 0 aliphatic heterocycles. The molecule has 0 aliphatic carbocycles. The first-order valence-corrected chi connectivity index (χ1v) is 8.89. The number of nitrogens with zero attached hydrogens (tertiary/aromatic N) is 1. The Labute approximate surface area is 150 Å². The van der Waals surface area contributed by atoms with Gasteiger partial charge in [-0.05, 0) is 24.6 Å². The highest BCUT2D eigenvalue weighted by Crippen LogP contribution is 2.27. The van der Waals surface area contributed by atoms with Crippen LogP contribution in [0.4, 0.5) is 0 Å². The summed E-state index contributed by atoms with van der Waals surface area (Å²) >= 11 is 1.69. The van der Waals surface area contributed by atoms with Gasteiger partial charge in [-0.1, -0.05) is 42.5 Å². The van der Waals surface area contributed by atoms with E-state index in [0.717, 1.165) is 28.2 Å². The lowest BCUT2D eigenvalue weighted by Gasteiger charge is -2.07. The molecular formula is C20H19NO3S. The second-order valence-electron chi connectivity index (χ2n) is 5.70. The number of aromatic nitrogens is 1. The lowest BCUT2D eigenvalue weighted by atomic mass is 10.1. The fourth-order valence-electron chi connectivity index (χ4n) is 2.55. The highest BCUT2D eigenvalue weighted by atomic mass is 32.1. The Hall–Kier alpha value is -2.66. The molecular weight excluding hydrogens is 334 g/mol. The quantitative estimate of drug-likeness (QED) is 0.685. The molecule has 3 aromatic rings. The van der Waals surface area contributed by atoms with Crippen molar-refractivity contribution in [3.63, 3.8) is 0 Å². The van der Waals surface area contributed by atoms with E-state index < -0.39 is 5.97 Å². The fourth-order valence-corrected chi connectivity index (χ4v) is 3.51. The van der Waals surface area contributed by atoms with Gasteiger partial charge >= 0.3 is 5.97 Å². The minimum absolute atomic E-state index is 0.00281. The van der Waals surface area contributed by atoms with Crippen LogP contribution in [0.25, 0.3) is 10.6 Å². The normalized spacial score (nSPS) is 10.6. The van der Waals surface area contributed by atoms with Gasteiger partial charge in [0.2, 0.25) is 0 Å². The zero-order chi connectivity index (χ0) is 17.6. The average Bonchev–Trinajstić information content (AvgIpc) is 2.96. The van der Waals surface area contributed by atoms with Crippen LogP contribution in [0.5, 0.6) is 5.75 Å². The van der Waals surface area contributed by atoms with Crippen molar-refractivity contribution in [1.29, 1.82) is 0 Å². The average molecular weight is 353 g/mol. The number of carboxylic acid groups (broad SMARTS) is 1. The molecule has 1 heterocycles. The SMILES string of the molecule is Cc1sc(-c2ccccc2)nc1CCOc1cccc(CC(=O)O)c1. The molecule has 5 heteroatoms. The Balaban J connectivity index is 1.61. The van der Waals surface area contributed by atoms with Crippen molar-refractivity contribution < 1.29 is 14.6 Å². The van der Waals surface area contributed by atoms with Crippen molar-refractivity contribution >= 4 is 17.3 Å². The van der Waals surface area contributed by atoms with Gasteiger partial charge in [0.1, 0.15) is 10.8 Å². The minimum atomic E-state index is -0.844. The molecule has 128 valence electrons. The number of hydrogen-bond acceptors (Lipinski definition) is 4. The number of aryl methyl sites for hydroxylation is 1. The molecule has 1 N–H and O–H groups in total. The van der Waals surface area contributed by atoms with Gasteiger partial charge in [-0.2, -0.15) is 0 Å². The summed E-state index contributed by atoms with van der Waals surface area (Å²) in [6.45, 7) is 2.59. The Morgan fingerprint density at radius 1 is 1.16 bits per heavy atom.